The summed E-state index contributed by atoms with van der Waals surface area (Å²) in [5.41, 5.74) is 16.1. The maximum Gasteiger partial charge on any atom is 0.0603 e. The molecule has 0 spiro atoms. The predicted molar refractivity (Wildman–Crippen MR) is 274 cm³/mol. The second kappa shape index (κ2) is 13.6. The monoisotopic (exact) mass is 851 g/mol. The fourth-order valence-corrected chi connectivity index (χ4v) is 12.2. The van der Waals surface area contributed by atoms with E-state index >= 15 is 0 Å². The van der Waals surface area contributed by atoms with E-state index in [-0.39, 0.29) is 10.8 Å². The van der Waals surface area contributed by atoms with E-state index in [4.69, 9.17) is 0 Å². The molecule has 1 aliphatic rings. The first-order valence-corrected chi connectivity index (χ1v) is 23.7. The Kier molecular flexibility index (Phi) is 8.30. The number of thiophene rings is 1. The van der Waals surface area contributed by atoms with E-state index in [0.717, 1.165) is 0 Å². The molecular formula is C58H49N3S2. The Bertz CT molecular complexity index is 3580. The fraction of sp³-hybridized carbons (Fsp3) is 0.172. The summed E-state index contributed by atoms with van der Waals surface area (Å²) in [5, 5.41) is 7.80. The lowest BCUT2D eigenvalue weighted by Crippen LogP contribution is -2.15. The van der Waals surface area contributed by atoms with E-state index in [2.05, 4.69) is 221 Å². The van der Waals surface area contributed by atoms with E-state index in [1.807, 2.05) is 23.1 Å². The van der Waals surface area contributed by atoms with Crippen LogP contribution in [0.4, 0.5) is 17.1 Å². The van der Waals surface area contributed by atoms with Crippen LogP contribution < -0.4 is 4.90 Å². The number of aromatic nitrogens is 2. The topological polar surface area (TPSA) is 13.1 Å². The summed E-state index contributed by atoms with van der Waals surface area (Å²) in [4.78, 5) is 4.96. The smallest absolute Gasteiger partial charge is 0.0603 e. The lowest BCUT2D eigenvalue weighted by molar-refractivity contribution is 0.590. The predicted octanol–water partition coefficient (Wildman–Crippen LogP) is 17.4. The van der Waals surface area contributed by atoms with Gasteiger partial charge in [-0.15, -0.1) is 11.3 Å². The van der Waals surface area contributed by atoms with Crippen molar-refractivity contribution >= 4 is 104 Å². The molecule has 0 saturated heterocycles. The van der Waals surface area contributed by atoms with Crippen LogP contribution in [0.15, 0.2) is 161 Å². The van der Waals surface area contributed by atoms with Crippen LogP contribution in [0.3, 0.4) is 0 Å². The molecule has 11 aromatic rings. The van der Waals surface area contributed by atoms with Crippen molar-refractivity contribution in [2.24, 2.45) is 0 Å². The van der Waals surface area contributed by atoms with Crippen LogP contribution in [0.5, 0.6) is 0 Å². The molecule has 0 fully saturated rings. The zero-order valence-corrected chi connectivity index (χ0v) is 38.7. The fourth-order valence-electron chi connectivity index (χ4n) is 9.96. The zero-order valence-electron chi connectivity index (χ0n) is 37.1. The molecule has 8 aromatic carbocycles. The number of benzene rings is 8. The number of fused-ring (bicyclic) bond motifs is 11. The van der Waals surface area contributed by atoms with Gasteiger partial charge in [0.15, 0.2) is 0 Å². The Balaban J connectivity index is 1.08. The quantitative estimate of drug-likeness (QED) is 0.176. The van der Waals surface area contributed by atoms with Gasteiger partial charge in [-0.1, -0.05) is 107 Å². The molecule has 0 unspecified atom stereocenters. The highest BCUT2D eigenvalue weighted by atomic mass is 32.2. The lowest BCUT2D eigenvalue weighted by Gasteiger charge is -2.33. The average molecular weight is 852 g/mol. The number of aryl methyl sites for hydroxylation is 2. The van der Waals surface area contributed by atoms with Gasteiger partial charge in [0.05, 0.1) is 33.4 Å². The van der Waals surface area contributed by atoms with Crippen LogP contribution in [0.2, 0.25) is 0 Å². The Labute approximate surface area is 377 Å². The first-order valence-electron chi connectivity index (χ1n) is 22.1. The number of nitrogens with zero attached hydrogens (tertiary/aromatic N) is 3. The summed E-state index contributed by atoms with van der Waals surface area (Å²) >= 11 is 3.75. The van der Waals surface area contributed by atoms with Crippen LogP contribution >= 0.6 is 23.1 Å². The summed E-state index contributed by atoms with van der Waals surface area (Å²) < 4.78 is 7.58. The molecule has 308 valence electrons. The highest BCUT2D eigenvalue weighted by Crippen LogP contribution is 2.54. The molecule has 0 bridgehead atoms. The van der Waals surface area contributed by atoms with Gasteiger partial charge in [0.2, 0.25) is 0 Å². The van der Waals surface area contributed by atoms with Crippen LogP contribution in [0, 0.1) is 13.8 Å². The molecule has 63 heavy (non-hydrogen) atoms. The molecule has 0 aliphatic carbocycles. The van der Waals surface area contributed by atoms with Gasteiger partial charge in [-0.3, -0.25) is 0 Å². The van der Waals surface area contributed by atoms with Gasteiger partial charge in [0.1, 0.15) is 0 Å². The summed E-state index contributed by atoms with van der Waals surface area (Å²) in [6.45, 7) is 18.2. The molecule has 0 radical (unpaired) electrons. The van der Waals surface area contributed by atoms with Crippen molar-refractivity contribution in [3.05, 3.63) is 174 Å². The summed E-state index contributed by atoms with van der Waals surface area (Å²) in [6, 6.07) is 58.0. The maximum atomic E-state index is 2.50. The van der Waals surface area contributed by atoms with Gasteiger partial charge in [-0.2, -0.15) is 0 Å². The van der Waals surface area contributed by atoms with Crippen molar-refractivity contribution in [3.63, 3.8) is 0 Å². The Morgan fingerprint density at radius 3 is 1.37 bits per heavy atom. The van der Waals surface area contributed by atoms with E-state index in [0.29, 0.717) is 0 Å². The Morgan fingerprint density at radius 2 is 0.841 bits per heavy atom. The standard InChI is InChI=1S/C58H49N3S2/c1-34-13-20-47-42(27-34)43-28-35(2)14-21-48(43)59(47)39-17-24-51-55(32-39)63-56-33-40(18-25-52(56)61(51)38-19-26-54-46(31-38)41-11-9-10-12-53(41)62-54)60-49-22-15-36(57(3,4)5)29-44(49)45-30-37(58(6,7)8)16-23-50(45)60/h9-33H,1-8H3. The molecule has 0 saturated carbocycles. The molecule has 3 aromatic heterocycles. The molecule has 0 N–H and O–H groups in total. The second-order valence-corrected chi connectivity index (χ2v) is 21.9. The van der Waals surface area contributed by atoms with Gasteiger partial charge >= 0.3 is 0 Å². The van der Waals surface area contributed by atoms with E-state index < -0.39 is 0 Å². The van der Waals surface area contributed by atoms with Gasteiger partial charge in [0, 0.05) is 68.6 Å². The Morgan fingerprint density at radius 1 is 0.381 bits per heavy atom. The summed E-state index contributed by atoms with van der Waals surface area (Å²) in [5.74, 6) is 0. The minimum atomic E-state index is 0.0395. The minimum absolute atomic E-state index is 0.0395. The molecule has 4 heterocycles. The largest absolute Gasteiger partial charge is 0.309 e. The molecular weight excluding hydrogens is 803 g/mol. The molecule has 3 nitrogen and oxygen atoms in total. The van der Waals surface area contributed by atoms with E-state index in [1.165, 1.54) is 124 Å². The van der Waals surface area contributed by atoms with Crippen molar-refractivity contribution in [1.82, 2.24) is 9.13 Å². The first-order chi connectivity index (χ1) is 30.3. The van der Waals surface area contributed by atoms with Crippen LogP contribution in [0.25, 0.3) is 75.2 Å². The third-order valence-electron chi connectivity index (χ3n) is 13.3. The zero-order chi connectivity index (χ0) is 43.1. The van der Waals surface area contributed by atoms with Gasteiger partial charge in [-0.05, 0) is 145 Å². The lowest BCUT2D eigenvalue weighted by atomic mass is 9.85. The molecule has 5 heteroatoms. The highest BCUT2D eigenvalue weighted by molar-refractivity contribution is 7.99. The van der Waals surface area contributed by atoms with Crippen molar-refractivity contribution in [3.8, 4) is 11.4 Å². The summed E-state index contributed by atoms with van der Waals surface area (Å²) in [7, 11) is 0. The molecule has 0 atom stereocenters. The van der Waals surface area contributed by atoms with Crippen molar-refractivity contribution in [1.29, 1.82) is 0 Å². The van der Waals surface area contributed by atoms with Crippen molar-refractivity contribution < 1.29 is 0 Å². The average Bonchev–Trinajstić information content (AvgIpc) is 3.91. The molecule has 0 amide bonds. The summed E-state index contributed by atoms with van der Waals surface area (Å²) in [6.07, 6.45) is 0. The van der Waals surface area contributed by atoms with Crippen LogP contribution in [-0.2, 0) is 10.8 Å². The molecule has 1 aliphatic heterocycles. The van der Waals surface area contributed by atoms with Crippen LogP contribution in [-0.4, -0.2) is 9.13 Å². The number of hydrogen-bond acceptors (Lipinski definition) is 3. The SMILES string of the molecule is Cc1ccc2c(c1)c1cc(C)ccc1n2-c1ccc2c(c1)Sc1cc(-n3c4ccc(C(C)(C)C)cc4c4cc(C(C)(C)C)ccc43)ccc1N2c1ccc2sc3ccccc3c2c1. The first kappa shape index (κ1) is 38.4. The second-order valence-electron chi connectivity index (χ2n) is 19.7. The van der Waals surface area contributed by atoms with E-state index in [1.54, 1.807) is 0 Å². The maximum absolute atomic E-state index is 2.50. The third-order valence-corrected chi connectivity index (χ3v) is 15.5. The van der Waals surface area contributed by atoms with Crippen molar-refractivity contribution in [2.75, 3.05) is 4.90 Å². The number of anilines is 3. The highest BCUT2D eigenvalue weighted by Gasteiger charge is 2.28. The minimum Gasteiger partial charge on any atom is -0.309 e. The van der Waals surface area contributed by atoms with E-state index in [9.17, 15) is 0 Å². The van der Waals surface area contributed by atoms with Gasteiger partial charge < -0.3 is 14.0 Å². The third kappa shape index (κ3) is 6.00. The molecule has 12 rings (SSSR count). The Hall–Kier alpha value is -6.27. The van der Waals surface area contributed by atoms with Gasteiger partial charge in [-0.25, -0.2) is 0 Å². The normalized spacial score (nSPS) is 13.3. The van der Waals surface area contributed by atoms with Gasteiger partial charge in [0.25, 0.3) is 0 Å². The van der Waals surface area contributed by atoms with Crippen LogP contribution in [0.1, 0.15) is 63.8 Å². The number of hydrogen-bond donors (Lipinski definition) is 0. The van der Waals surface area contributed by atoms with Crippen molar-refractivity contribution in [2.45, 2.75) is 76.0 Å². The number of rotatable bonds is 3.